The van der Waals surface area contributed by atoms with Crippen molar-refractivity contribution in [3.63, 3.8) is 0 Å². The third kappa shape index (κ3) is 4.52. The van der Waals surface area contributed by atoms with Crippen LogP contribution < -0.4 is 0 Å². The summed E-state index contributed by atoms with van der Waals surface area (Å²) in [6.45, 7) is -0.292. The Kier molecular flexibility index (Phi) is 5.82. The summed E-state index contributed by atoms with van der Waals surface area (Å²) in [6, 6.07) is 1.11. The van der Waals surface area contributed by atoms with Crippen molar-refractivity contribution in [1.82, 2.24) is 19.7 Å². The van der Waals surface area contributed by atoms with Gasteiger partial charge in [-0.3, -0.25) is 4.79 Å². The fourth-order valence-corrected chi connectivity index (χ4v) is 3.11. The Morgan fingerprint density at radius 2 is 1.83 bits per heavy atom. The summed E-state index contributed by atoms with van der Waals surface area (Å²) >= 11 is 0. The number of carbonyl (C=O) groups excluding carboxylic acids is 1. The first kappa shape index (κ1) is 21.1. The molecule has 1 amide bonds. The van der Waals surface area contributed by atoms with Crippen LogP contribution in [0.1, 0.15) is 23.6 Å². The number of aromatic nitrogens is 3. The molecule has 12 heteroatoms. The lowest BCUT2D eigenvalue weighted by Crippen LogP contribution is -2.41. The predicted octanol–water partition coefficient (Wildman–Crippen LogP) is 2.70. The second-order valence-corrected chi connectivity index (χ2v) is 6.53. The Morgan fingerprint density at radius 3 is 2.48 bits per heavy atom. The van der Waals surface area contributed by atoms with E-state index in [-0.39, 0.29) is 43.9 Å². The first-order valence-corrected chi connectivity index (χ1v) is 8.53. The molecule has 0 saturated heterocycles. The number of ether oxygens (including phenoxy) is 1. The van der Waals surface area contributed by atoms with Gasteiger partial charge in [0.1, 0.15) is 5.82 Å². The number of rotatable bonds is 5. The second-order valence-electron chi connectivity index (χ2n) is 6.53. The van der Waals surface area contributed by atoms with Crippen LogP contribution in [0, 0.1) is 17.5 Å². The SMILES string of the molecule is CO[C@@H](CC(=O)N1CCn2c(nnc2C(F)(F)F)C1)Cc1cc(F)c(F)cc1F. The van der Waals surface area contributed by atoms with Gasteiger partial charge in [0.15, 0.2) is 17.5 Å². The molecule has 1 aliphatic heterocycles. The number of benzene rings is 1. The van der Waals surface area contributed by atoms with Gasteiger partial charge >= 0.3 is 6.18 Å². The Hall–Kier alpha value is -2.63. The summed E-state index contributed by atoms with van der Waals surface area (Å²) in [5.41, 5.74) is -0.156. The van der Waals surface area contributed by atoms with Crippen LogP contribution in [0.3, 0.4) is 0 Å². The average molecular weight is 422 g/mol. The molecule has 0 spiro atoms. The molecule has 2 heterocycles. The van der Waals surface area contributed by atoms with Crippen LogP contribution >= 0.6 is 0 Å². The van der Waals surface area contributed by atoms with Crippen LogP contribution in [-0.2, 0) is 35.2 Å². The molecule has 3 rings (SSSR count). The van der Waals surface area contributed by atoms with E-state index in [0.29, 0.717) is 12.1 Å². The van der Waals surface area contributed by atoms with Crippen molar-refractivity contribution in [2.24, 2.45) is 0 Å². The highest BCUT2D eigenvalue weighted by Crippen LogP contribution is 2.29. The second kappa shape index (κ2) is 8.01. The molecule has 0 unspecified atom stereocenters. The maximum atomic E-state index is 13.8. The highest BCUT2D eigenvalue weighted by atomic mass is 19.4. The predicted molar refractivity (Wildman–Crippen MR) is 85.9 cm³/mol. The van der Waals surface area contributed by atoms with Crippen LogP contribution in [-0.4, -0.2) is 45.3 Å². The molecule has 1 atom stereocenters. The maximum absolute atomic E-state index is 13.8. The monoisotopic (exact) mass is 422 g/mol. The molecule has 29 heavy (non-hydrogen) atoms. The zero-order chi connectivity index (χ0) is 21.3. The lowest BCUT2D eigenvalue weighted by Gasteiger charge is -2.29. The normalized spacial score (nSPS) is 15.3. The van der Waals surface area contributed by atoms with Crippen LogP contribution in [0.5, 0.6) is 0 Å². The molecule has 1 aromatic carbocycles. The van der Waals surface area contributed by atoms with Gasteiger partial charge in [-0.1, -0.05) is 0 Å². The highest BCUT2D eigenvalue weighted by molar-refractivity contribution is 5.76. The van der Waals surface area contributed by atoms with E-state index < -0.39 is 41.5 Å². The minimum absolute atomic E-state index is 0.00228. The van der Waals surface area contributed by atoms with Gasteiger partial charge < -0.3 is 14.2 Å². The van der Waals surface area contributed by atoms with E-state index in [4.69, 9.17) is 4.74 Å². The molecule has 2 aromatic rings. The van der Waals surface area contributed by atoms with Gasteiger partial charge in [0.25, 0.3) is 0 Å². The van der Waals surface area contributed by atoms with Crippen molar-refractivity contribution in [3.8, 4) is 0 Å². The molecule has 1 aliphatic rings. The lowest BCUT2D eigenvalue weighted by atomic mass is 10.0. The quantitative estimate of drug-likeness (QED) is 0.549. The molecule has 0 aliphatic carbocycles. The molecule has 6 nitrogen and oxygen atoms in total. The van der Waals surface area contributed by atoms with Gasteiger partial charge in [0, 0.05) is 32.7 Å². The summed E-state index contributed by atoms with van der Waals surface area (Å²) in [7, 11) is 1.28. The van der Waals surface area contributed by atoms with Crippen LogP contribution in [0.4, 0.5) is 26.3 Å². The van der Waals surface area contributed by atoms with Crippen molar-refractivity contribution >= 4 is 5.91 Å². The number of hydrogen-bond donors (Lipinski definition) is 0. The summed E-state index contributed by atoms with van der Waals surface area (Å²) in [6.07, 6.45) is -5.90. The Labute approximate surface area is 161 Å². The highest BCUT2D eigenvalue weighted by Gasteiger charge is 2.40. The topological polar surface area (TPSA) is 60.2 Å². The molecular weight excluding hydrogens is 406 g/mol. The summed E-state index contributed by atoms with van der Waals surface area (Å²) < 4.78 is 84.9. The molecular formula is C17H16F6N4O2. The standard InChI is InChI=1S/C17H16F6N4O2/c1-29-10(4-9-5-12(19)13(20)7-11(9)18)6-15(28)26-2-3-27-14(8-26)24-25-16(27)17(21,22)23/h5,7,10H,2-4,6,8H2,1H3/t10-/m1/s1. The van der Waals surface area contributed by atoms with E-state index in [2.05, 4.69) is 10.2 Å². The van der Waals surface area contributed by atoms with Gasteiger partial charge in [0.2, 0.25) is 11.7 Å². The van der Waals surface area contributed by atoms with E-state index in [1.165, 1.54) is 12.0 Å². The average Bonchev–Trinajstić information content (AvgIpc) is 3.08. The van der Waals surface area contributed by atoms with E-state index in [1.807, 2.05) is 0 Å². The Bertz CT molecular complexity index is 914. The molecule has 0 bridgehead atoms. The van der Waals surface area contributed by atoms with Crippen molar-refractivity contribution in [2.45, 2.75) is 38.2 Å². The van der Waals surface area contributed by atoms with E-state index in [1.54, 1.807) is 0 Å². The molecule has 0 saturated carbocycles. The number of carbonyl (C=O) groups is 1. The fraction of sp³-hybridized carbons (Fsp3) is 0.471. The van der Waals surface area contributed by atoms with Crippen LogP contribution in [0.2, 0.25) is 0 Å². The fourth-order valence-electron chi connectivity index (χ4n) is 3.11. The smallest absolute Gasteiger partial charge is 0.381 e. The van der Waals surface area contributed by atoms with E-state index >= 15 is 0 Å². The maximum Gasteiger partial charge on any atom is 0.451 e. The summed E-state index contributed by atoms with van der Waals surface area (Å²) in [5, 5.41) is 6.63. The van der Waals surface area contributed by atoms with E-state index in [9.17, 15) is 31.1 Å². The van der Waals surface area contributed by atoms with Gasteiger partial charge in [0.05, 0.1) is 19.1 Å². The molecule has 1 aromatic heterocycles. The number of methoxy groups -OCH3 is 1. The number of nitrogens with zero attached hydrogens (tertiary/aromatic N) is 4. The summed E-state index contributed by atoms with van der Waals surface area (Å²) in [4.78, 5) is 13.8. The summed E-state index contributed by atoms with van der Waals surface area (Å²) in [5.74, 6) is -5.10. The van der Waals surface area contributed by atoms with Crippen molar-refractivity contribution in [1.29, 1.82) is 0 Å². The number of alkyl halides is 3. The minimum Gasteiger partial charge on any atom is -0.381 e. The number of fused-ring (bicyclic) bond motifs is 1. The van der Waals surface area contributed by atoms with Gasteiger partial charge in [-0.2, -0.15) is 13.2 Å². The first-order valence-electron chi connectivity index (χ1n) is 8.53. The van der Waals surface area contributed by atoms with Crippen molar-refractivity contribution in [3.05, 3.63) is 46.8 Å². The van der Waals surface area contributed by atoms with Gasteiger partial charge in [-0.15, -0.1) is 10.2 Å². The molecule has 0 radical (unpaired) electrons. The van der Waals surface area contributed by atoms with Crippen LogP contribution in [0.15, 0.2) is 12.1 Å². The first-order chi connectivity index (χ1) is 13.6. The Balaban J connectivity index is 1.66. The van der Waals surface area contributed by atoms with Gasteiger partial charge in [-0.05, 0) is 11.6 Å². The number of hydrogen-bond acceptors (Lipinski definition) is 4. The third-order valence-corrected chi connectivity index (χ3v) is 4.63. The number of amides is 1. The third-order valence-electron chi connectivity index (χ3n) is 4.63. The van der Waals surface area contributed by atoms with Crippen LogP contribution in [0.25, 0.3) is 0 Å². The zero-order valence-corrected chi connectivity index (χ0v) is 15.1. The largest absolute Gasteiger partial charge is 0.451 e. The Morgan fingerprint density at radius 1 is 1.14 bits per heavy atom. The molecule has 0 fully saturated rings. The molecule has 158 valence electrons. The van der Waals surface area contributed by atoms with E-state index in [0.717, 1.165) is 4.57 Å². The molecule has 0 N–H and O–H groups in total. The van der Waals surface area contributed by atoms with Gasteiger partial charge in [-0.25, -0.2) is 13.2 Å². The van der Waals surface area contributed by atoms with Crippen molar-refractivity contribution in [2.75, 3.05) is 13.7 Å². The minimum atomic E-state index is -4.65. The van der Waals surface area contributed by atoms with Crippen molar-refractivity contribution < 1.29 is 35.9 Å². The number of halogens is 6. The lowest BCUT2D eigenvalue weighted by molar-refractivity contribution is -0.148. The zero-order valence-electron chi connectivity index (χ0n) is 15.1.